The SMILES string of the molecule is NCC(Cc1ccccc1)C(=O)Nc1ccccc1. The summed E-state index contributed by atoms with van der Waals surface area (Å²) in [5.41, 5.74) is 7.65. The molecule has 0 aliphatic heterocycles. The van der Waals surface area contributed by atoms with Crippen LogP contribution in [0.2, 0.25) is 0 Å². The van der Waals surface area contributed by atoms with Gasteiger partial charge in [0.05, 0.1) is 5.92 Å². The third kappa shape index (κ3) is 3.93. The lowest BCUT2D eigenvalue weighted by Crippen LogP contribution is -2.30. The first-order valence-electron chi connectivity index (χ1n) is 6.39. The van der Waals surface area contributed by atoms with E-state index in [2.05, 4.69) is 5.32 Å². The molecule has 1 unspecified atom stereocenters. The van der Waals surface area contributed by atoms with Gasteiger partial charge in [-0.15, -0.1) is 0 Å². The van der Waals surface area contributed by atoms with Crippen molar-refractivity contribution in [1.82, 2.24) is 0 Å². The molecule has 2 aromatic carbocycles. The first-order valence-corrected chi connectivity index (χ1v) is 6.39. The van der Waals surface area contributed by atoms with Crippen LogP contribution in [0.15, 0.2) is 60.7 Å². The van der Waals surface area contributed by atoms with Gasteiger partial charge >= 0.3 is 0 Å². The maximum Gasteiger partial charge on any atom is 0.229 e. The van der Waals surface area contributed by atoms with Crippen LogP contribution in [0.25, 0.3) is 0 Å². The molecule has 3 heteroatoms. The molecule has 1 amide bonds. The lowest BCUT2D eigenvalue weighted by Gasteiger charge is -2.15. The average Bonchev–Trinajstić information content (AvgIpc) is 2.47. The van der Waals surface area contributed by atoms with Crippen LogP contribution in [-0.2, 0) is 11.2 Å². The summed E-state index contributed by atoms with van der Waals surface area (Å²) in [4.78, 5) is 12.2. The Balaban J connectivity index is 2.00. The van der Waals surface area contributed by atoms with Crippen molar-refractivity contribution in [2.45, 2.75) is 6.42 Å². The summed E-state index contributed by atoms with van der Waals surface area (Å²) in [5.74, 6) is -0.236. The Morgan fingerprint density at radius 1 is 1.00 bits per heavy atom. The number of nitrogens with two attached hydrogens (primary N) is 1. The van der Waals surface area contributed by atoms with Crippen molar-refractivity contribution in [2.24, 2.45) is 11.7 Å². The number of amides is 1. The summed E-state index contributed by atoms with van der Waals surface area (Å²) in [5, 5.41) is 2.89. The number of carbonyl (C=O) groups excluding carboxylic acids is 1. The van der Waals surface area contributed by atoms with Crippen LogP contribution in [-0.4, -0.2) is 12.5 Å². The predicted octanol–water partition coefficient (Wildman–Crippen LogP) is 2.44. The molecule has 98 valence electrons. The maximum absolute atomic E-state index is 12.2. The third-order valence-corrected chi connectivity index (χ3v) is 3.02. The van der Waals surface area contributed by atoms with Gasteiger partial charge in [0.15, 0.2) is 0 Å². The van der Waals surface area contributed by atoms with Gasteiger partial charge in [-0.2, -0.15) is 0 Å². The highest BCUT2D eigenvalue weighted by molar-refractivity contribution is 5.92. The van der Waals surface area contributed by atoms with Gasteiger partial charge in [-0.05, 0) is 24.1 Å². The lowest BCUT2D eigenvalue weighted by atomic mass is 9.98. The third-order valence-electron chi connectivity index (χ3n) is 3.02. The number of nitrogens with one attached hydrogen (secondary N) is 1. The van der Waals surface area contributed by atoms with E-state index in [4.69, 9.17) is 5.73 Å². The van der Waals surface area contributed by atoms with Crippen LogP contribution in [0.1, 0.15) is 5.56 Å². The second kappa shape index (κ2) is 6.71. The molecule has 0 aliphatic carbocycles. The van der Waals surface area contributed by atoms with Crippen molar-refractivity contribution in [3.8, 4) is 0 Å². The zero-order valence-electron chi connectivity index (χ0n) is 10.8. The van der Waals surface area contributed by atoms with Crippen molar-refractivity contribution < 1.29 is 4.79 Å². The van der Waals surface area contributed by atoms with Gasteiger partial charge in [0.1, 0.15) is 0 Å². The molecule has 0 spiro atoms. The van der Waals surface area contributed by atoms with Crippen LogP contribution < -0.4 is 11.1 Å². The number of carbonyl (C=O) groups is 1. The highest BCUT2D eigenvalue weighted by Gasteiger charge is 2.17. The Morgan fingerprint density at radius 3 is 2.16 bits per heavy atom. The van der Waals surface area contributed by atoms with E-state index in [1.807, 2.05) is 60.7 Å². The zero-order valence-corrected chi connectivity index (χ0v) is 10.8. The molecule has 2 aromatic rings. The molecule has 0 saturated carbocycles. The molecule has 19 heavy (non-hydrogen) atoms. The first kappa shape index (κ1) is 13.3. The van der Waals surface area contributed by atoms with E-state index in [-0.39, 0.29) is 11.8 Å². The standard InChI is InChI=1S/C16H18N2O/c17-12-14(11-13-7-3-1-4-8-13)16(19)18-15-9-5-2-6-10-15/h1-10,14H,11-12,17H2,(H,18,19). The summed E-state index contributed by atoms with van der Waals surface area (Å²) >= 11 is 0. The molecule has 2 rings (SSSR count). The second-order valence-electron chi connectivity index (χ2n) is 4.48. The minimum absolute atomic E-state index is 0.0300. The van der Waals surface area contributed by atoms with Crippen LogP contribution in [0, 0.1) is 5.92 Å². The fourth-order valence-corrected chi connectivity index (χ4v) is 1.95. The van der Waals surface area contributed by atoms with Crippen molar-refractivity contribution in [3.05, 3.63) is 66.2 Å². The van der Waals surface area contributed by atoms with Crippen molar-refractivity contribution >= 4 is 11.6 Å². The van der Waals surface area contributed by atoms with Gasteiger partial charge < -0.3 is 11.1 Å². The molecular weight excluding hydrogens is 236 g/mol. The minimum atomic E-state index is -0.206. The number of anilines is 1. The Bertz CT molecular complexity index is 511. The summed E-state index contributed by atoms with van der Waals surface area (Å²) in [6.45, 7) is 0.341. The monoisotopic (exact) mass is 254 g/mol. The van der Waals surface area contributed by atoms with Gasteiger partial charge in [0.2, 0.25) is 5.91 Å². The predicted molar refractivity (Wildman–Crippen MR) is 77.8 cm³/mol. The zero-order chi connectivity index (χ0) is 13.5. The summed E-state index contributed by atoms with van der Waals surface area (Å²) in [6, 6.07) is 19.4. The molecule has 0 heterocycles. The Kier molecular flexibility index (Phi) is 4.70. The molecule has 1 atom stereocenters. The Labute approximate surface area is 113 Å². The molecule has 0 bridgehead atoms. The van der Waals surface area contributed by atoms with Crippen LogP contribution in [0.5, 0.6) is 0 Å². The van der Waals surface area contributed by atoms with Gasteiger partial charge in [-0.1, -0.05) is 48.5 Å². The summed E-state index contributed by atoms with van der Waals surface area (Å²) in [6.07, 6.45) is 0.663. The van der Waals surface area contributed by atoms with Crippen LogP contribution >= 0.6 is 0 Å². The molecule has 0 aromatic heterocycles. The van der Waals surface area contributed by atoms with Gasteiger partial charge in [-0.25, -0.2) is 0 Å². The number of rotatable bonds is 5. The van der Waals surface area contributed by atoms with E-state index in [9.17, 15) is 4.79 Å². The van der Waals surface area contributed by atoms with E-state index in [0.29, 0.717) is 13.0 Å². The largest absolute Gasteiger partial charge is 0.330 e. The summed E-state index contributed by atoms with van der Waals surface area (Å²) < 4.78 is 0. The topological polar surface area (TPSA) is 55.1 Å². The minimum Gasteiger partial charge on any atom is -0.330 e. The van der Waals surface area contributed by atoms with E-state index in [1.165, 1.54) is 0 Å². The quantitative estimate of drug-likeness (QED) is 0.861. The van der Waals surface area contributed by atoms with Gasteiger partial charge in [-0.3, -0.25) is 4.79 Å². The van der Waals surface area contributed by atoms with E-state index >= 15 is 0 Å². The molecule has 0 radical (unpaired) electrons. The van der Waals surface area contributed by atoms with Crippen molar-refractivity contribution in [3.63, 3.8) is 0 Å². The van der Waals surface area contributed by atoms with E-state index < -0.39 is 0 Å². The number of hydrogen-bond acceptors (Lipinski definition) is 2. The molecular formula is C16H18N2O. The van der Waals surface area contributed by atoms with Crippen molar-refractivity contribution in [2.75, 3.05) is 11.9 Å². The molecule has 3 nitrogen and oxygen atoms in total. The molecule has 0 fully saturated rings. The highest BCUT2D eigenvalue weighted by Crippen LogP contribution is 2.12. The summed E-state index contributed by atoms with van der Waals surface area (Å²) in [7, 11) is 0. The number of para-hydroxylation sites is 1. The smallest absolute Gasteiger partial charge is 0.229 e. The maximum atomic E-state index is 12.2. The number of benzene rings is 2. The van der Waals surface area contributed by atoms with Gasteiger partial charge in [0, 0.05) is 12.2 Å². The highest BCUT2D eigenvalue weighted by atomic mass is 16.1. The van der Waals surface area contributed by atoms with E-state index in [0.717, 1.165) is 11.3 Å². The fraction of sp³-hybridized carbons (Fsp3) is 0.188. The second-order valence-corrected chi connectivity index (χ2v) is 4.48. The van der Waals surface area contributed by atoms with Crippen LogP contribution in [0.3, 0.4) is 0 Å². The molecule has 3 N–H and O–H groups in total. The fourth-order valence-electron chi connectivity index (χ4n) is 1.95. The normalized spacial score (nSPS) is 11.8. The van der Waals surface area contributed by atoms with Crippen molar-refractivity contribution in [1.29, 1.82) is 0 Å². The van der Waals surface area contributed by atoms with Gasteiger partial charge in [0.25, 0.3) is 0 Å². The van der Waals surface area contributed by atoms with E-state index in [1.54, 1.807) is 0 Å². The Morgan fingerprint density at radius 2 is 1.58 bits per heavy atom. The molecule has 0 saturated heterocycles. The lowest BCUT2D eigenvalue weighted by molar-refractivity contribution is -0.119. The number of hydrogen-bond donors (Lipinski definition) is 2. The van der Waals surface area contributed by atoms with Crippen LogP contribution in [0.4, 0.5) is 5.69 Å². The first-order chi connectivity index (χ1) is 9.29. The Hall–Kier alpha value is -2.13. The molecule has 0 aliphatic rings. The average molecular weight is 254 g/mol.